The molecule has 96 valence electrons. The molecule has 0 amide bonds. The SMILES string of the molecule is Nc1cc2cn[nH]c2cc1NCC1CCCCC1. The van der Waals surface area contributed by atoms with Gasteiger partial charge >= 0.3 is 0 Å². The molecule has 0 bridgehead atoms. The summed E-state index contributed by atoms with van der Waals surface area (Å²) >= 11 is 0. The maximum Gasteiger partial charge on any atom is 0.0672 e. The number of anilines is 2. The Balaban J connectivity index is 1.71. The third-order valence-electron chi connectivity index (χ3n) is 3.92. The van der Waals surface area contributed by atoms with Gasteiger partial charge in [-0.05, 0) is 30.9 Å². The zero-order valence-corrected chi connectivity index (χ0v) is 10.6. The van der Waals surface area contributed by atoms with E-state index in [4.69, 9.17) is 5.73 Å². The summed E-state index contributed by atoms with van der Waals surface area (Å²) in [6.07, 6.45) is 8.65. The summed E-state index contributed by atoms with van der Waals surface area (Å²) in [4.78, 5) is 0. The molecule has 0 aliphatic heterocycles. The van der Waals surface area contributed by atoms with Gasteiger partial charge in [0.2, 0.25) is 0 Å². The van der Waals surface area contributed by atoms with Crippen LogP contribution in [0.2, 0.25) is 0 Å². The average molecular weight is 244 g/mol. The second-order valence-electron chi connectivity index (χ2n) is 5.28. The minimum absolute atomic E-state index is 0.801. The van der Waals surface area contributed by atoms with Crippen LogP contribution in [-0.2, 0) is 0 Å². The monoisotopic (exact) mass is 244 g/mol. The van der Waals surface area contributed by atoms with E-state index in [0.717, 1.165) is 34.7 Å². The number of rotatable bonds is 3. The van der Waals surface area contributed by atoms with Crippen molar-refractivity contribution in [1.29, 1.82) is 0 Å². The van der Waals surface area contributed by atoms with Gasteiger partial charge in [0.1, 0.15) is 0 Å². The molecule has 2 aromatic rings. The molecule has 1 heterocycles. The molecule has 1 saturated carbocycles. The Bertz CT molecular complexity index is 526. The van der Waals surface area contributed by atoms with Gasteiger partial charge in [0.05, 0.1) is 23.1 Å². The van der Waals surface area contributed by atoms with Gasteiger partial charge in [-0.25, -0.2) is 0 Å². The second kappa shape index (κ2) is 4.88. The van der Waals surface area contributed by atoms with E-state index in [1.54, 1.807) is 6.20 Å². The van der Waals surface area contributed by atoms with Crippen LogP contribution in [0.3, 0.4) is 0 Å². The Morgan fingerprint density at radius 3 is 2.94 bits per heavy atom. The van der Waals surface area contributed by atoms with Crippen molar-refractivity contribution >= 4 is 22.3 Å². The number of fused-ring (bicyclic) bond motifs is 1. The van der Waals surface area contributed by atoms with Gasteiger partial charge in [0.25, 0.3) is 0 Å². The summed E-state index contributed by atoms with van der Waals surface area (Å²) in [7, 11) is 0. The lowest BCUT2D eigenvalue weighted by Gasteiger charge is -2.22. The third-order valence-corrected chi connectivity index (χ3v) is 3.92. The predicted octanol–water partition coefficient (Wildman–Crippen LogP) is 3.14. The molecule has 1 aromatic carbocycles. The van der Waals surface area contributed by atoms with Gasteiger partial charge in [-0.1, -0.05) is 19.3 Å². The zero-order chi connectivity index (χ0) is 12.4. The Labute approximate surface area is 107 Å². The molecule has 0 saturated heterocycles. The number of nitrogens with two attached hydrogens (primary N) is 1. The van der Waals surface area contributed by atoms with E-state index in [0.29, 0.717) is 0 Å². The summed E-state index contributed by atoms with van der Waals surface area (Å²) in [6.45, 7) is 1.03. The van der Waals surface area contributed by atoms with Gasteiger partial charge in [-0.15, -0.1) is 0 Å². The fourth-order valence-corrected chi connectivity index (χ4v) is 2.81. The van der Waals surface area contributed by atoms with Crippen molar-refractivity contribution in [1.82, 2.24) is 10.2 Å². The fourth-order valence-electron chi connectivity index (χ4n) is 2.81. The van der Waals surface area contributed by atoms with Crippen LogP contribution in [0.15, 0.2) is 18.3 Å². The predicted molar refractivity (Wildman–Crippen MR) is 75.6 cm³/mol. The van der Waals surface area contributed by atoms with Crippen LogP contribution in [0.4, 0.5) is 11.4 Å². The van der Waals surface area contributed by atoms with Crippen molar-refractivity contribution in [3.8, 4) is 0 Å². The van der Waals surface area contributed by atoms with Crippen LogP contribution in [0, 0.1) is 5.92 Å². The molecule has 1 fully saturated rings. The molecule has 1 aromatic heterocycles. The van der Waals surface area contributed by atoms with Crippen LogP contribution >= 0.6 is 0 Å². The quantitative estimate of drug-likeness (QED) is 0.727. The first-order valence-electron chi connectivity index (χ1n) is 6.79. The first-order valence-corrected chi connectivity index (χ1v) is 6.79. The highest BCUT2D eigenvalue weighted by Gasteiger charge is 2.13. The highest BCUT2D eigenvalue weighted by atomic mass is 15.1. The summed E-state index contributed by atoms with van der Waals surface area (Å²) in [5.41, 5.74) is 8.93. The molecule has 18 heavy (non-hydrogen) atoms. The van der Waals surface area contributed by atoms with Crippen molar-refractivity contribution in [3.05, 3.63) is 18.3 Å². The van der Waals surface area contributed by atoms with Crippen molar-refractivity contribution in [2.24, 2.45) is 5.92 Å². The van der Waals surface area contributed by atoms with Crippen LogP contribution in [-0.4, -0.2) is 16.7 Å². The van der Waals surface area contributed by atoms with Gasteiger partial charge in [-0.3, -0.25) is 5.10 Å². The molecular weight excluding hydrogens is 224 g/mol. The van der Waals surface area contributed by atoms with Crippen LogP contribution in [0.25, 0.3) is 10.9 Å². The van der Waals surface area contributed by atoms with E-state index >= 15 is 0 Å². The zero-order valence-electron chi connectivity index (χ0n) is 10.6. The lowest BCUT2D eigenvalue weighted by atomic mass is 9.89. The number of aromatic amines is 1. The lowest BCUT2D eigenvalue weighted by molar-refractivity contribution is 0.373. The van der Waals surface area contributed by atoms with Gasteiger partial charge < -0.3 is 11.1 Å². The number of hydrogen-bond donors (Lipinski definition) is 3. The molecule has 4 heteroatoms. The van der Waals surface area contributed by atoms with E-state index in [-0.39, 0.29) is 0 Å². The summed E-state index contributed by atoms with van der Waals surface area (Å²) < 4.78 is 0. The Morgan fingerprint density at radius 1 is 1.28 bits per heavy atom. The largest absolute Gasteiger partial charge is 0.397 e. The average Bonchev–Trinajstić information content (AvgIpc) is 2.84. The van der Waals surface area contributed by atoms with Gasteiger partial charge in [-0.2, -0.15) is 5.10 Å². The second-order valence-corrected chi connectivity index (χ2v) is 5.28. The molecular formula is C14H20N4. The maximum absolute atomic E-state index is 6.06. The van der Waals surface area contributed by atoms with Crippen molar-refractivity contribution in [2.45, 2.75) is 32.1 Å². The van der Waals surface area contributed by atoms with Crippen molar-refractivity contribution in [3.63, 3.8) is 0 Å². The molecule has 4 N–H and O–H groups in total. The topological polar surface area (TPSA) is 66.7 Å². The number of nitrogen functional groups attached to an aromatic ring is 1. The van der Waals surface area contributed by atoms with E-state index in [2.05, 4.69) is 21.6 Å². The first kappa shape index (κ1) is 11.4. The molecule has 0 atom stereocenters. The molecule has 1 aliphatic rings. The Kier molecular flexibility index (Phi) is 3.09. The molecule has 0 unspecified atom stereocenters. The number of H-pyrrole nitrogens is 1. The normalized spacial score (nSPS) is 17.1. The molecule has 4 nitrogen and oxygen atoms in total. The summed E-state index contributed by atoms with van der Waals surface area (Å²) in [6, 6.07) is 4.03. The first-order chi connectivity index (χ1) is 8.83. The number of benzene rings is 1. The molecule has 0 spiro atoms. The van der Waals surface area contributed by atoms with E-state index in [1.165, 1.54) is 32.1 Å². The highest BCUT2D eigenvalue weighted by Crippen LogP contribution is 2.27. The van der Waals surface area contributed by atoms with Crippen LogP contribution in [0.5, 0.6) is 0 Å². The number of hydrogen-bond acceptors (Lipinski definition) is 3. The minimum atomic E-state index is 0.801. The fraction of sp³-hybridized carbons (Fsp3) is 0.500. The molecule has 1 aliphatic carbocycles. The van der Waals surface area contributed by atoms with Gasteiger partial charge in [0, 0.05) is 11.9 Å². The highest BCUT2D eigenvalue weighted by molar-refractivity contribution is 5.88. The van der Waals surface area contributed by atoms with Crippen LogP contribution in [0.1, 0.15) is 32.1 Å². The Morgan fingerprint density at radius 2 is 2.11 bits per heavy atom. The number of aromatic nitrogens is 2. The minimum Gasteiger partial charge on any atom is -0.397 e. The van der Waals surface area contributed by atoms with Crippen molar-refractivity contribution < 1.29 is 0 Å². The number of nitrogens with zero attached hydrogens (tertiary/aromatic N) is 1. The summed E-state index contributed by atoms with van der Waals surface area (Å²) in [5.74, 6) is 0.801. The maximum atomic E-state index is 6.06. The standard InChI is InChI=1S/C14H20N4/c15-12-6-11-9-17-18-13(11)7-14(12)16-8-10-4-2-1-3-5-10/h6-7,9-10,16H,1-5,8,15H2,(H,17,18). The Hall–Kier alpha value is -1.71. The number of nitrogens with one attached hydrogen (secondary N) is 2. The lowest BCUT2D eigenvalue weighted by Crippen LogP contribution is -2.17. The summed E-state index contributed by atoms with van der Waals surface area (Å²) in [5, 5.41) is 11.6. The smallest absolute Gasteiger partial charge is 0.0672 e. The van der Waals surface area contributed by atoms with E-state index < -0.39 is 0 Å². The molecule has 0 radical (unpaired) electrons. The van der Waals surface area contributed by atoms with Crippen molar-refractivity contribution in [2.75, 3.05) is 17.6 Å². The van der Waals surface area contributed by atoms with Gasteiger partial charge in [0.15, 0.2) is 0 Å². The van der Waals surface area contributed by atoms with E-state index in [1.807, 2.05) is 6.07 Å². The van der Waals surface area contributed by atoms with Crippen LogP contribution < -0.4 is 11.1 Å². The third kappa shape index (κ3) is 2.28. The molecule has 3 rings (SSSR count). The van der Waals surface area contributed by atoms with E-state index in [9.17, 15) is 0 Å².